The van der Waals surface area contributed by atoms with Gasteiger partial charge in [-0.25, -0.2) is 4.79 Å². The van der Waals surface area contributed by atoms with E-state index in [0.717, 1.165) is 11.1 Å². The molecular weight excluding hydrogens is 482 g/mol. The number of ketones is 1. The van der Waals surface area contributed by atoms with E-state index in [2.05, 4.69) is 4.98 Å². The highest BCUT2D eigenvalue weighted by molar-refractivity contribution is 6.14. The average Bonchev–Trinajstić information content (AvgIpc) is 3.43. The molecule has 0 saturated heterocycles. The van der Waals surface area contributed by atoms with Crippen LogP contribution in [0, 0.1) is 6.92 Å². The number of furan rings is 1. The van der Waals surface area contributed by atoms with Crippen LogP contribution >= 0.6 is 0 Å². The van der Waals surface area contributed by atoms with Crippen LogP contribution in [-0.2, 0) is 6.61 Å². The van der Waals surface area contributed by atoms with Crippen LogP contribution in [0.1, 0.15) is 37.6 Å². The van der Waals surface area contributed by atoms with Crippen molar-refractivity contribution in [2.75, 3.05) is 0 Å². The van der Waals surface area contributed by atoms with Crippen molar-refractivity contribution in [2.24, 2.45) is 0 Å². The maximum Gasteiger partial charge on any atom is 0.347 e. The predicted octanol–water partition coefficient (Wildman–Crippen LogP) is 6.55. The first-order valence-corrected chi connectivity index (χ1v) is 12.0. The minimum Gasteiger partial charge on any atom is -0.489 e. The van der Waals surface area contributed by atoms with E-state index in [0.29, 0.717) is 46.0 Å². The minimum atomic E-state index is -0.586. The van der Waals surface area contributed by atoms with Crippen molar-refractivity contribution in [1.82, 2.24) is 4.98 Å². The summed E-state index contributed by atoms with van der Waals surface area (Å²) in [5, 5.41) is 0.590. The van der Waals surface area contributed by atoms with Crippen LogP contribution in [0.3, 0.4) is 0 Å². The van der Waals surface area contributed by atoms with Gasteiger partial charge in [-0.3, -0.25) is 9.78 Å². The first-order valence-electron chi connectivity index (χ1n) is 12.0. The second-order valence-electron chi connectivity index (χ2n) is 8.74. The van der Waals surface area contributed by atoms with Crippen molar-refractivity contribution < 1.29 is 28.2 Å². The number of rotatable bonds is 6. The third-order valence-electron chi connectivity index (χ3n) is 6.12. The molecule has 0 fully saturated rings. The first kappa shape index (κ1) is 23.2. The number of hydrogen-bond donors (Lipinski definition) is 0. The van der Waals surface area contributed by atoms with Crippen molar-refractivity contribution in [1.29, 1.82) is 0 Å². The molecule has 1 aliphatic heterocycles. The van der Waals surface area contributed by atoms with Gasteiger partial charge in [0.1, 0.15) is 40.8 Å². The lowest BCUT2D eigenvalue weighted by Gasteiger charge is -2.07. The summed E-state index contributed by atoms with van der Waals surface area (Å²) in [6.45, 7) is 2.11. The largest absolute Gasteiger partial charge is 0.489 e. The van der Waals surface area contributed by atoms with E-state index in [1.165, 1.54) is 6.07 Å². The number of fused-ring (bicyclic) bond motifs is 2. The Morgan fingerprint density at radius 1 is 0.974 bits per heavy atom. The van der Waals surface area contributed by atoms with Gasteiger partial charge in [-0.05, 0) is 60.5 Å². The lowest BCUT2D eigenvalue weighted by Crippen LogP contribution is -2.09. The number of aryl methyl sites for hydroxylation is 1. The summed E-state index contributed by atoms with van der Waals surface area (Å²) in [6, 6.07) is 23.4. The Balaban J connectivity index is 1.22. The van der Waals surface area contributed by atoms with Gasteiger partial charge in [0.25, 0.3) is 0 Å². The second-order valence-corrected chi connectivity index (χ2v) is 8.74. The Labute approximate surface area is 217 Å². The molecule has 38 heavy (non-hydrogen) atoms. The molecule has 5 aromatic rings. The number of hydrogen-bond acceptors (Lipinski definition) is 7. The molecule has 0 atom stereocenters. The third kappa shape index (κ3) is 4.53. The molecule has 0 bridgehead atoms. The van der Waals surface area contributed by atoms with Crippen molar-refractivity contribution in [3.8, 4) is 17.2 Å². The second kappa shape index (κ2) is 9.71. The summed E-state index contributed by atoms with van der Waals surface area (Å²) >= 11 is 0. The van der Waals surface area contributed by atoms with E-state index in [1.54, 1.807) is 61.8 Å². The maximum atomic E-state index is 13.2. The highest BCUT2D eigenvalue weighted by Gasteiger charge is 2.28. The maximum absolute atomic E-state index is 13.2. The van der Waals surface area contributed by atoms with Crippen molar-refractivity contribution in [3.05, 3.63) is 125 Å². The van der Waals surface area contributed by atoms with Gasteiger partial charge < -0.3 is 18.6 Å². The van der Waals surface area contributed by atoms with E-state index in [1.807, 2.05) is 36.4 Å². The number of carbonyl (C=O) groups excluding carboxylic acids is 2. The van der Waals surface area contributed by atoms with Gasteiger partial charge >= 0.3 is 5.97 Å². The van der Waals surface area contributed by atoms with E-state index >= 15 is 0 Å². The number of pyridine rings is 1. The summed E-state index contributed by atoms with van der Waals surface area (Å²) in [6.07, 6.45) is 4.91. The molecule has 7 nitrogen and oxygen atoms in total. The molecule has 3 aromatic carbocycles. The lowest BCUT2D eigenvalue weighted by atomic mass is 10.1. The molecule has 0 saturated carbocycles. The summed E-state index contributed by atoms with van der Waals surface area (Å²) in [4.78, 5) is 30.0. The molecule has 186 valence electrons. The Hall–Kier alpha value is -5.17. The minimum absolute atomic E-state index is 0.177. The van der Waals surface area contributed by atoms with Gasteiger partial charge in [-0.1, -0.05) is 36.4 Å². The number of nitrogens with zero attached hydrogens (tertiary/aromatic N) is 1. The van der Waals surface area contributed by atoms with Crippen molar-refractivity contribution in [3.63, 3.8) is 0 Å². The van der Waals surface area contributed by atoms with E-state index in [9.17, 15) is 9.59 Å². The number of carbonyl (C=O) groups is 2. The van der Waals surface area contributed by atoms with Crippen LogP contribution in [0.5, 0.6) is 17.2 Å². The fourth-order valence-electron chi connectivity index (χ4n) is 4.28. The summed E-state index contributed by atoms with van der Waals surface area (Å²) in [7, 11) is 0. The average molecular weight is 504 g/mol. The summed E-state index contributed by atoms with van der Waals surface area (Å²) in [5.41, 5.74) is 3.02. The summed E-state index contributed by atoms with van der Waals surface area (Å²) in [5.74, 6) is 0.942. The topological polar surface area (TPSA) is 87.9 Å². The standard InChI is InChI=1S/C31H21NO6/c1-19-29(25-15-22(10-12-26(25)36-19)35-18-20-6-3-2-4-7-20)31(34)37-23-9-11-24-27(16-23)38-28(30(24)33)14-21-8-5-13-32-17-21/h2-17H,18H2,1H3/b28-14-. The monoisotopic (exact) mass is 503 g/mol. The molecule has 0 amide bonds. The molecule has 1 aliphatic rings. The van der Waals surface area contributed by atoms with Gasteiger partial charge in [0, 0.05) is 23.8 Å². The molecule has 0 unspecified atom stereocenters. The van der Waals surface area contributed by atoms with Gasteiger partial charge in [-0.15, -0.1) is 0 Å². The number of ether oxygens (including phenoxy) is 3. The fraction of sp³-hybridized carbons (Fsp3) is 0.0645. The van der Waals surface area contributed by atoms with Crippen LogP contribution in [-0.4, -0.2) is 16.7 Å². The molecule has 3 heterocycles. The Bertz CT molecular complexity index is 1700. The van der Waals surface area contributed by atoms with Crippen LogP contribution in [0.4, 0.5) is 0 Å². The van der Waals surface area contributed by atoms with Gasteiger partial charge in [0.2, 0.25) is 5.78 Å². The molecule has 0 N–H and O–H groups in total. The van der Waals surface area contributed by atoms with E-state index in [4.69, 9.17) is 18.6 Å². The Kier molecular flexibility index (Phi) is 5.94. The molecule has 7 heteroatoms. The number of benzene rings is 3. The van der Waals surface area contributed by atoms with E-state index < -0.39 is 5.97 Å². The van der Waals surface area contributed by atoms with Crippen molar-refractivity contribution >= 4 is 28.8 Å². The number of aromatic nitrogens is 1. The van der Waals surface area contributed by atoms with Gasteiger partial charge in [-0.2, -0.15) is 0 Å². The first-order chi connectivity index (χ1) is 18.5. The predicted molar refractivity (Wildman–Crippen MR) is 140 cm³/mol. The van der Waals surface area contributed by atoms with Crippen molar-refractivity contribution in [2.45, 2.75) is 13.5 Å². The van der Waals surface area contributed by atoms with Crippen LogP contribution < -0.4 is 14.2 Å². The number of allylic oxidation sites excluding steroid dienone is 1. The number of esters is 1. The zero-order chi connectivity index (χ0) is 26.1. The molecule has 0 spiro atoms. The quantitative estimate of drug-likeness (QED) is 0.147. The van der Waals surface area contributed by atoms with Gasteiger partial charge in [0.05, 0.1) is 5.56 Å². The highest BCUT2D eigenvalue weighted by atomic mass is 16.5. The lowest BCUT2D eigenvalue weighted by molar-refractivity contribution is 0.0734. The van der Waals surface area contributed by atoms with Gasteiger partial charge in [0.15, 0.2) is 5.76 Å². The third-order valence-corrected chi connectivity index (χ3v) is 6.12. The van der Waals surface area contributed by atoms with Crippen LogP contribution in [0.2, 0.25) is 0 Å². The van der Waals surface area contributed by atoms with Crippen LogP contribution in [0.15, 0.2) is 101 Å². The fourth-order valence-corrected chi connectivity index (χ4v) is 4.28. The normalized spacial score (nSPS) is 13.4. The zero-order valence-corrected chi connectivity index (χ0v) is 20.3. The Morgan fingerprint density at radius 3 is 2.63 bits per heavy atom. The smallest absolute Gasteiger partial charge is 0.347 e. The zero-order valence-electron chi connectivity index (χ0n) is 20.3. The molecule has 0 aliphatic carbocycles. The highest BCUT2D eigenvalue weighted by Crippen LogP contribution is 2.36. The Morgan fingerprint density at radius 2 is 1.82 bits per heavy atom. The SMILES string of the molecule is Cc1oc2ccc(OCc3ccccc3)cc2c1C(=O)Oc1ccc2c(c1)O/C(=C\c1cccnc1)C2=O. The summed E-state index contributed by atoms with van der Waals surface area (Å²) < 4.78 is 23.2. The molecule has 2 aromatic heterocycles. The number of Topliss-reactive ketones (excluding diaryl/α,β-unsaturated/α-hetero) is 1. The van der Waals surface area contributed by atoms with Crippen LogP contribution in [0.25, 0.3) is 17.0 Å². The molecular formula is C31H21NO6. The molecule has 0 radical (unpaired) electrons. The van der Waals surface area contributed by atoms with E-state index in [-0.39, 0.29) is 17.3 Å². The molecule has 6 rings (SSSR count).